The Labute approximate surface area is 127 Å². The van der Waals surface area contributed by atoms with Crippen LogP contribution in [0.2, 0.25) is 0 Å². The van der Waals surface area contributed by atoms with Gasteiger partial charge in [-0.2, -0.15) is 4.31 Å². The van der Waals surface area contributed by atoms with Crippen molar-refractivity contribution in [3.8, 4) is 0 Å². The highest BCUT2D eigenvalue weighted by atomic mass is 32.2. The van der Waals surface area contributed by atoms with Crippen molar-refractivity contribution in [1.82, 2.24) is 14.3 Å². The van der Waals surface area contributed by atoms with Crippen LogP contribution in [0.3, 0.4) is 0 Å². The molecule has 0 aromatic carbocycles. The van der Waals surface area contributed by atoms with Gasteiger partial charge in [-0.05, 0) is 31.6 Å². The zero-order chi connectivity index (χ0) is 15.3. The highest BCUT2D eigenvalue weighted by molar-refractivity contribution is 7.89. The number of nitrogens with one attached hydrogen (secondary N) is 1. The lowest BCUT2D eigenvalue weighted by Gasteiger charge is -2.19. The Balaban J connectivity index is 2.11. The van der Waals surface area contributed by atoms with Gasteiger partial charge in [0.25, 0.3) is 0 Å². The van der Waals surface area contributed by atoms with E-state index in [4.69, 9.17) is 0 Å². The summed E-state index contributed by atoms with van der Waals surface area (Å²) in [6, 6.07) is 0. The van der Waals surface area contributed by atoms with Gasteiger partial charge in [0, 0.05) is 19.6 Å². The molecule has 1 atom stereocenters. The van der Waals surface area contributed by atoms with E-state index in [9.17, 15) is 8.42 Å². The third-order valence-corrected chi connectivity index (χ3v) is 5.63. The number of aromatic nitrogens is 2. The third-order valence-electron chi connectivity index (χ3n) is 3.77. The van der Waals surface area contributed by atoms with Crippen molar-refractivity contribution in [1.29, 1.82) is 0 Å². The van der Waals surface area contributed by atoms with E-state index in [0.717, 1.165) is 32.2 Å². The standard InChI is InChI=1S/C14H24N4O2S/c1-3-7-15-14-16-10-13(11-17-14)21(19,20)18-8-4-5-12(2)6-9-18/h10-12H,3-9H2,1-2H3,(H,15,16,17). The van der Waals surface area contributed by atoms with E-state index >= 15 is 0 Å². The predicted octanol–water partition coefficient (Wildman–Crippen LogP) is 2.11. The van der Waals surface area contributed by atoms with Gasteiger partial charge in [-0.3, -0.25) is 0 Å². The maximum absolute atomic E-state index is 12.6. The van der Waals surface area contributed by atoms with Crippen LogP contribution >= 0.6 is 0 Å². The van der Waals surface area contributed by atoms with Crippen LogP contribution in [0.15, 0.2) is 17.3 Å². The molecule has 1 aromatic rings. The molecular weight excluding hydrogens is 288 g/mol. The van der Waals surface area contributed by atoms with E-state index < -0.39 is 10.0 Å². The molecule has 1 saturated heterocycles. The fourth-order valence-corrected chi connectivity index (χ4v) is 3.79. The first-order valence-electron chi connectivity index (χ1n) is 7.60. The Morgan fingerprint density at radius 1 is 1.29 bits per heavy atom. The summed E-state index contributed by atoms with van der Waals surface area (Å²) in [5, 5.41) is 3.04. The Bertz CT molecular complexity index is 545. The summed E-state index contributed by atoms with van der Waals surface area (Å²) in [7, 11) is -3.47. The van der Waals surface area contributed by atoms with Crippen molar-refractivity contribution >= 4 is 16.0 Å². The fourth-order valence-electron chi connectivity index (χ4n) is 2.40. The Morgan fingerprint density at radius 2 is 2.00 bits per heavy atom. The minimum atomic E-state index is -3.47. The predicted molar refractivity (Wildman–Crippen MR) is 82.6 cm³/mol. The third kappa shape index (κ3) is 4.14. The van der Waals surface area contributed by atoms with Crippen molar-refractivity contribution in [2.45, 2.75) is 44.4 Å². The summed E-state index contributed by atoms with van der Waals surface area (Å²) in [4.78, 5) is 8.36. The van der Waals surface area contributed by atoms with Gasteiger partial charge in [0.15, 0.2) is 0 Å². The monoisotopic (exact) mass is 312 g/mol. The summed E-state index contributed by atoms with van der Waals surface area (Å²) in [5.41, 5.74) is 0. The molecule has 6 nitrogen and oxygen atoms in total. The second kappa shape index (κ2) is 7.17. The van der Waals surface area contributed by atoms with Crippen LogP contribution in [0.1, 0.15) is 39.5 Å². The van der Waals surface area contributed by atoms with E-state index in [2.05, 4.69) is 22.2 Å². The molecule has 1 unspecified atom stereocenters. The molecule has 1 aromatic heterocycles. The van der Waals surface area contributed by atoms with Crippen LogP contribution in [-0.4, -0.2) is 42.3 Å². The molecule has 0 amide bonds. The second-order valence-electron chi connectivity index (χ2n) is 5.61. The van der Waals surface area contributed by atoms with Gasteiger partial charge in [0.05, 0.1) is 12.4 Å². The summed E-state index contributed by atoms with van der Waals surface area (Å²) >= 11 is 0. The molecule has 7 heteroatoms. The topological polar surface area (TPSA) is 75.2 Å². The Hall–Kier alpha value is -1.21. The summed E-state index contributed by atoms with van der Waals surface area (Å²) in [6.45, 7) is 6.16. The van der Waals surface area contributed by atoms with E-state index in [-0.39, 0.29) is 4.90 Å². The molecule has 2 rings (SSSR count). The first-order chi connectivity index (χ1) is 10.0. The normalized spacial score (nSPS) is 21.0. The fraction of sp³-hybridized carbons (Fsp3) is 0.714. The zero-order valence-corrected chi connectivity index (χ0v) is 13.6. The van der Waals surface area contributed by atoms with Crippen molar-refractivity contribution < 1.29 is 8.42 Å². The average molecular weight is 312 g/mol. The number of hydrogen-bond donors (Lipinski definition) is 1. The highest BCUT2D eigenvalue weighted by Crippen LogP contribution is 2.22. The lowest BCUT2D eigenvalue weighted by Crippen LogP contribution is -2.32. The molecule has 1 aliphatic rings. The van der Waals surface area contributed by atoms with Gasteiger partial charge in [0.1, 0.15) is 4.90 Å². The largest absolute Gasteiger partial charge is 0.354 e. The molecule has 1 fully saturated rings. The van der Waals surface area contributed by atoms with Crippen molar-refractivity contribution in [3.05, 3.63) is 12.4 Å². The first kappa shape index (κ1) is 16.2. The molecular formula is C14H24N4O2S. The maximum atomic E-state index is 12.6. The molecule has 0 spiro atoms. The quantitative estimate of drug-likeness (QED) is 0.901. The van der Waals surface area contributed by atoms with E-state index in [1.54, 1.807) is 4.31 Å². The van der Waals surface area contributed by atoms with Crippen molar-refractivity contribution in [2.24, 2.45) is 5.92 Å². The molecule has 0 bridgehead atoms. The molecule has 1 aliphatic heterocycles. The summed E-state index contributed by atoms with van der Waals surface area (Å²) < 4.78 is 26.8. The van der Waals surface area contributed by atoms with Gasteiger partial charge in [-0.15, -0.1) is 0 Å². The smallest absolute Gasteiger partial charge is 0.246 e. The van der Waals surface area contributed by atoms with Gasteiger partial charge >= 0.3 is 0 Å². The van der Waals surface area contributed by atoms with Gasteiger partial charge in [-0.1, -0.05) is 13.8 Å². The van der Waals surface area contributed by atoms with Gasteiger partial charge < -0.3 is 5.32 Å². The molecule has 0 saturated carbocycles. The minimum Gasteiger partial charge on any atom is -0.354 e. The van der Waals surface area contributed by atoms with Crippen molar-refractivity contribution in [3.63, 3.8) is 0 Å². The first-order valence-corrected chi connectivity index (χ1v) is 9.04. The Kier molecular flexibility index (Phi) is 5.52. The summed E-state index contributed by atoms with van der Waals surface area (Å²) in [5.74, 6) is 1.06. The SMILES string of the molecule is CCCNc1ncc(S(=O)(=O)N2CCCC(C)CC2)cn1. The number of sulfonamides is 1. The van der Waals surface area contributed by atoms with E-state index in [1.165, 1.54) is 12.4 Å². The lowest BCUT2D eigenvalue weighted by atomic mass is 10.0. The minimum absolute atomic E-state index is 0.180. The zero-order valence-electron chi connectivity index (χ0n) is 12.7. The molecule has 21 heavy (non-hydrogen) atoms. The number of rotatable bonds is 5. The number of anilines is 1. The van der Waals surface area contributed by atoms with Gasteiger partial charge in [0.2, 0.25) is 16.0 Å². The molecule has 1 N–H and O–H groups in total. The Morgan fingerprint density at radius 3 is 2.67 bits per heavy atom. The van der Waals surface area contributed by atoms with Crippen LogP contribution < -0.4 is 5.32 Å². The van der Waals surface area contributed by atoms with Crippen LogP contribution in [0, 0.1) is 5.92 Å². The molecule has 0 aliphatic carbocycles. The van der Waals surface area contributed by atoms with Gasteiger partial charge in [-0.25, -0.2) is 18.4 Å². The van der Waals surface area contributed by atoms with Crippen LogP contribution in [-0.2, 0) is 10.0 Å². The maximum Gasteiger partial charge on any atom is 0.246 e. The molecule has 2 heterocycles. The highest BCUT2D eigenvalue weighted by Gasteiger charge is 2.27. The lowest BCUT2D eigenvalue weighted by molar-refractivity contribution is 0.416. The second-order valence-corrected chi connectivity index (χ2v) is 7.55. The molecule has 118 valence electrons. The van der Waals surface area contributed by atoms with Crippen molar-refractivity contribution in [2.75, 3.05) is 25.0 Å². The number of hydrogen-bond acceptors (Lipinski definition) is 5. The summed E-state index contributed by atoms with van der Waals surface area (Å²) in [6.07, 6.45) is 6.68. The average Bonchev–Trinajstić information content (AvgIpc) is 2.70. The molecule has 0 radical (unpaired) electrons. The number of nitrogens with zero attached hydrogens (tertiary/aromatic N) is 3. The van der Waals surface area contributed by atoms with Crippen LogP contribution in [0.25, 0.3) is 0 Å². The van der Waals surface area contributed by atoms with E-state index in [0.29, 0.717) is 25.0 Å². The van der Waals surface area contributed by atoms with Crippen LogP contribution in [0.5, 0.6) is 0 Å². The van der Waals surface area contributed by atoms with Crippen LogP contribution in [0.4, 0.5) is 5.95 Å². The van der Waals surface area contributed by atoms with E-state index in [1.807, 2.05) is 6.92 Å².